The van der Waals surface area contributed by atoms with Crippen LogP contribution < -0.4 is 0 Å². The summed E-state index contributed by atoms with van der Waals surface area (Å²) in [6.07, 6.45) is -4.61. The lowest BCUT2D eigenvalue weighted by Crippen LogP contribution is -2.07. The molecule has 0 heterocycles. The van der Waals surface area contributed by atoms with Crippen LogP contribution in [-0.4, -0.2) is 5.11 Å². The quantitative estimate of drug-likeness (QED) is 0.677. The Morgan fingerprint density at radius 3 is 2.31 bits per heavy atom. The number of halogens is 3. The highest BCUT2D eigenvalue weighted by Gasteiger charge is 2.34. The minimum atomic E-state index is -4.61. The maximum atomic E-state index is 12.2. The number of nitriles is 1. The minimum Gasteiger partial charge on any atom is -0.507 e. The van der Waals surface area contributed by atoms with E-state index < -0.39 is 23.1 Å². The van der Waals surface area contributed by atoms with Gasteiger partial charge >= 0.3 is 6.18 Å². The molecule has 0 saturated heterocycles. The number of aromatic hydroxyl groups is 1. The second-order valence-electron chi connectivity index (χ2n) is 2.31. The summed E-state index contributed by atoms with van der Waals surface area (Å²) in [5.74, 6) is -0.655. The van der Waals surface area contributed by atoms with Gasteiger partial charge in [-0.1, -0.05) is 6.07 Å². The number of hydrogen-bond acceptors (Lipinski definition) is 2. The van der Waals surface area contributed by atoms with Crippen LogP contribution >= 0.6 is 0 Å². The highest BCUT2D eigenvalue weighted by atomic mass is 19.4. The van der Waals surface area contributed by atoms with Crippen LogP contribution in [0.3, 0.4) is 0 Å². The van der Waals surface area contributed by atoms with Crippen LogP contribution in [0.1, 0.15) is 11.1 Å². The van der Waals surface area contributed by atoms with Gasteiger partial charge < -0.3 is 5.11 Å². The first-order valence-corrected chi connectivity index (χ1v) is 3.26. The Morgan fingerprint density at radius 2 is 1.92 bits per heavy atom. The Morgan fingerprint density at radius 1 is 1.31 bits per heavy atom. The molecule has 0 aromatic heterocycles. The fraction of sp³-hybridized carbons (Fsp3) is 0.125. The lowest BCUT2D eigenvalue weighted by Gasteiger charge is -2.08. The topological polar surface area (TPSA) is 44.0 Å². The molecule has 0 fully saturated rings. The van der Waals surface area contributed by atoms with Gasteiger partial charge in [0.25, 0.3) is 0 Å². The first-order valence-electron chi connectivity index (χ1n) is 3.26. The highest BCUT2D eigenvalue weighted by Crippen LogP contribution is 2.34. The number of benzene rings is 1. The van der Waals surface area contributed by atoms with Gasteiger partial charge in [-0.2, -0.15) is 18.4 Å². The standard InChI is InChI=1S/C8H4F3NO/c9-8(10,11)6-2-1-3-7(13)5(6)4-12/h1-3,13H. The zero-order valence-electron chi connectivity index (χ0n) is 6.26. The van der Waals surface area contributed by atoms with Gasteiger partial charge in [0.2, 0.25) is 0 Å². The van der Waals surface area contributed by atoms with Crippen molar-refractivity contribution in [2.45, 2.75) is 6.18 Å². The number of phenolic OH excluding ortho intramolecular Hbond substituents is 1. The number of phenols is 1. The maximum Gasteiger partial charge on any atom is 0.417 e. The van der Waals surface area contributed by atoms with Crippen molar-refractivity contribution in [3.8, 4) is 11.8 Å². The van der Waals surface area contributed by atoms with E-state index in [-0.39, 0.29) is 0 Å². The molecular formula is C8H4F3NO. The third kappa shape index (κ3) is 1.72. The first kappa shape index (κ1) is 9.39. The second-order valence-corrected chi connectivity index (χ2v) is 2.31. The molecule has 1 aromatic rings. The molecular weight excluding hydrogens is 183 g/mol. The molecule has 0 bridgehead atoms. The van der Waals surface area contributed by atoms with Crippen molar-refractivity contribution in [1.82, 2.24) is 0 Å². The average molecular weight is 187 g/mol. The summed E-state index contributed by atoms with van der Waals surface area (Å²) >= 11 is 0. The number of rotatable bonds is 0. The molecule has 0 atom stereocenters. The monoisotopic (exact) mass is 187 g/mol. The summed E-state index contributed by atoms with van der Waals surface area (Å²) in [6.45, 7) is 0. The first-order chi connectivity index (χ1) is 5.96. The lowest BCUT2D eigenvalue weighted by atomic mass is 10.1. The number of nitrogens with zero attached hydrogens (tertiary/aromatic N) is 1. The van der Waals surface area contributed by atoms with E-state index in [0.29, 0.717) is 0 Å². The van der Waals surface area contributed by atoms with Gasteiger partial charge in [0, 0.05) is 0 Å². The SMILES string of the molecule is N#Cc1c(O)cccc1C(F)(F)F. The Bertz CT molecular complexity index is 365. The lowest BCUT2D eigenvalue weighted by molar-refractivity contribution is -0.137. The average Bonchev–Trinajstić information content (AvgIpc) is 2.02. The van der Waals surface area contributed by atoms with Crippen molar-refractivity contribution in [2.24, 2.45) is 0 Å². The molecule has 1 N–H and O–H groups in total. The molecule has 0 amide bonds. The molecule has 0 aliphatic carbocycles. The van der Waals surface area contributed by atoms with Crippen molar-refractivity contribution in [1.29, 1.82) is 5.26 Å². The third-order valence-electron chi connectivity index (χ3n) is 1.46. The second kappa shape index (κ2) is 2.98. The molecule has 2 nitrogen and oxygen atoms in total. The fourth-order valence-electron chi connectivity index (χ4n) is 0.894. The van der Waals surface area contributed by atoms with Gasteiger partial charge in [-0.15, -0.1) is 0 Å². The summed E-state index contributed by atoms with van der Waals surface area (Å²) in [5, 5.41) is 17.3. The highest BCUT2D eigenvalue weighted by molar-refractivity contribution is 5.49. The van der Waals surface area contributed by atoms with Crippen molar-refractivity contribution >= 4 is 0 Å². The van der Waals surface area contributed by atoms with Gasteiger partial charge in [-0.05, 0) is 12.1 Å². The summed E-state index contributed by atoms with van der Waals surface area (Å²) in [6, 6.07) is 4.12. The molecule has 0 spiro atoms. The van der Waals surface area contributed by atoms with E-state index in [1.807, 2.05) is 0 Å². The molecule has 68 valence electrons. The Hall–Kier alpha value is -1.70. The van der Waals surface area contributed by atoms with Gasteiger partial charge in [0.1, 0.15) is 17.4 Å². The van der Waals surface area contributed by atoms with Crippen LogP contribution in [0, 0.1) is 11.3 Å². The molecule has 0 radical (unpaired) electrons. The molecule has 5 heteroatoms. The van der Waals surface area contributed by atoms with E-state index in [4.69, 9.17) is 10.4 Å². The van der Waals surface area contributed by atoms with Crippen LogP contribution in [-0.2, 0) is 6.18 Å². The number of hydrogen-bond donors (Lipinski definition) is 1. The Kier molecular flexibility index (Phi) is 2.15. The van der Waals surface area contributed by atoms with E-state index in [2.05, 4.69) is 0 Å². The maximum absolute atomic E-state index is 12.2. The molecule has 1 aromatic carbocycles. The van der Waals surface area contributed by atoms with Crippen LogP contribution in [0.2, 0.25) is 0 Å². The van der Waals surface area contributed by atoms with E-state index in [0.717, 1.165) is 18.2 Å². The van der Waals surface area contributed by atoms with E-state index in [1.165, 1.54) is 6.07 Å². The van der Waals surface area contributed by atoms with Gasteiger partial charge in [-0.25, -0.2) is 0 Å². The van der Waals surface area contributed by atoms with Crippen molar-refractivity contribution < 1.29 is 18.3 Å². The molecule has 13 heavy (non-hydrogen) atoms. The van der Waals surface area contributed by atoms with Gasteiger partial charge in [0.05, 0.1) is 5.56 Å². The molecule has 1 rings (SSSR count). The van der Waals surface area contributed by atoms with E-state index >= 15 is 0 Å². The normalized spacial score (nSPS) is 10.9. The third-order valence-corrected chi connectivity index (χ3v) is 1.46. The molecule has 0 unspecified atom stereocenters. The predicted octanol–water partition coefficient (Wildman–Crippen LogP) is 2.28. The molecule has 0 aliphatic rings. The van der Waals surface area contributed by atoms with Gasteiger partial charge in [0.15, 0.2) is 0 Å². The zero-order valence-corrected chi connectivity index (χ0v) is 6.26. The summed E-state index contributed by atoms with van der Waals surface area (Å²) in [5.41, 5.74) is -1.86. The Balaban J connectivity index is 3.40. The van der Waals surface area contributed by atoms with E-state index in [9.17, 15) is 13.2 Å². The Labute approximate surface area is 71.8 Å². The van der Waals surface area contributed by atoms with Gasteiger partial charge in [-0.3, -0.25) is 0 Å². The fourth-order valence-corrected chi connectivity index (χ4v) is 0.894. The smallest absolute Gasteiger partial charge is 0.417 e. The van der Waals surface area contributed by atoms with Crippen molar-refractivity contribution in [3.05, 3.63) is 29.3 Å². The van der Waals surface area contributed by atoms with E-state index in [1.54, 1.807) is 0 Å². The molecule has 0 aliphatic heterocycles. The molecule has 0 saturated carbocycles. The minimum absolute atomic E-state index is 0.655. The summed E-state index contributed by atoms with van der Waals surface area (Å²) < 4.78 is 36.5. The number of alkyl halides is 3. The predicted molar refractivity (Wildman–Crippen MR) is 37.8 cm³/mol. The largest absolute Gasteiger partial charge is 0.507 e. The van der Waals surface area contributed by atoms with Crippen LogP contribution in [0.5, 0.6) is 5.75 Å². The van der Waals surface area contributed by atoms with Crippen LogP contribution in [0.4, 0.5) is 13.2 Å². The zero-order chi connectivity index (χ0) is 10.1. The summed E-state index contributed by atoms with van der Waals surface area (Å²) in [4.78, 5) is 0. The van der Waals surface area contributed by atoms with Crippen LogP contribution in [0.15, 0.2) is 18.2 Å². The van der Waals surface area contributed by atoms with Crippen LogP contribution in [0.25, 0.3) is 0 Å². The van der Waals surface area contributed by atoms with Crippen molar-refractivity contribution in [3.63, 3.8) is 0 Å². The van der Waals surface area contributed by atoms with Crippen molar-refractivity contribution in [2.75, 3.05) is 0 Å². The summed E-state index contributed by atoms with van der Waals surface area (Å²) in [7, 11) is 0.